The van der Waals surface area contributed by atoms with Gasteiger partial charge in [0.05, 0.1) is 23.1 Å². The first kappa shape index (κ1) is 18.8. The summed E-state index contributed by atoms with van der Waals surface area (Å²) < 4.78 is 12.3. The average Bonchev–Trinajstić information content (AvgIpc) is 2.80. The molecule has 0 saturated heterocycles. The number of carbonyl (C=O) groups is 1. The quantitative estimate of drug-likeness (QED) is 0.552. The molecule has 3 heterocycles. The number of ether oxygens (including phenoxy) is 2. The van der Waals surface area contributed by atoms with E-state index in [9.17, 15) is 9.59 Å². The normalized spacial score (nSPS) is 12.5. The molecule has 0 bridgehead atoms. The largest absolute Gasteiger partial charge is 0.486 e. The molecule has 4 aromatic rings. The fourth-order valence-electron chi connectivity index (χ4n) is 3.39. The van der Waals surface area contributed by atoms with Crippen LogP contribution >= 0.6 is 0 Å². The molecule has 0 radical (unpaired) electrons. The molecule has 0 saturated carbocycles. The number of nitrogens with zero attached hydrogens (tertiary/aromatic N) is 3. The molecule has 2 aromatic heterocycles. The van der Waals surface area contributed by atoms with E-state index in [0.717, 1.165) is 21.1 Å². The molecule has 1 aliphatic rings. The summed E-state index contributed by atoms with van der Waals surface area (Å²) in [6, 6.07) is 17.9. The highest BCUT2D eigenvalue weighted by Crippen LogP contribution is 2.33. The van der Waals surface area contributed by atoms with Crippen molar-refractivity contribution in [2.45, 2.75) is 6.54 Å². The number of anilines is 1. The topological polar surface area (TPSA) is 95.3 Å². The van der Waals surface area contributed by atoms with Gasteiger partial charge in [-0.1, -0.05) is 18.2 Å². The fraction of sp³-hybridized carbons (Fsp3) is 0.130. The van der Waals surface area contributed by atoms with Crippen LogP contribution < -0.4 is 20.3 Å². The van der Waals surface area contributed by atoms with Crippen LogP contribution in [0.2, 0.25) is 0 Å². The van der Waals surface area contributed by atoms with Crippen LogP contribution in [0, 0.1) is 0 Å². The first-order valence-electron chi connectivity index (χ1n) is 9.78. The van der Waals surface area contributed by atoms with E-state index in [-0.39, 0.29) is 18.0 Å². The van der Waals surface area contributed by atoms with Gasteiger partial charge in [0, 0.05) is 17.0 Å². The Morgan fingerprint density at radius 1 is 1.00 bits per heavy atom. The summed E-state index contributed by atoms with van der Waals surface area (Å²) in [6.07, 6.45) is 1.59. The Morgan fingerprint density at radius 2 is 1.84 bits per heavy atom. The Hall–Kier alpha value is -4.20. The zero-order valence-corrected chi connectivity index (χ0v) is 16.4. The minimum atomic E-state index is -0.369. The highest BCUT2D eigenvalue weighted by Gasteiger charge is 2.14. The van der Waals surface area contributed by atoms with Gasteiger partial charge >= 0.3 is 0 Å². The van der Waals surface area contributed by atoms with Gasteiger partial charge in [-0.15, -0.1) is 0 Å². The number of rotatable bonds is 4. The first-order valence-corrected chi connectivity index (χ1v) is 9.78. The second-order valence-electron chi connectivity index (χ2n) is 7.04. The van der Waals surface area contributed by atoms with Crippen molar-refractivity contribution in [2.75, 3.05) is 18.5 Å². The monoisotopic (exact) mass is 414 g/mol. The summed E-state index contributed by atoms with van der Waals surface area (Å²) in [4.78, 5) is 29.1. The molecule has 5 rings (SSSR count). The summed E-state index contributed by atoms with van der Waals surface area (Å²) in [5, 5.41) is 8.04. The number of carbonyl (C=O) groups excluding carboxylic acids is 1. The molecular formula is C23H18N4O4. The van der Waals surface area contributed by atoms with Crippen LogP contribution in [0.1, 0.15) is 0 Å². The van der Waals surface area contributed by atoms with Crippen LogP contribution in [0.3, 0.4) is 0 Å². The number of hydrogen-bond donors (Lipinski definition) is 1. The molecule has 154 valence electrons. The van der Waals surface area contributed by atoms with Gasteiger partial charge in [0.15, 0.2) is 11.5 Å². The predicted molar refractivity (Wildman–Crippen MR) is 115 cm³/mol. The van der Waals surface area contributed by atoms with Gasteiger partial charge in [-0.25, -0.2) is 4.68 Å². The maximum Gasteiger partial charge on any atom is 0.267 e. The second kappa shape index (κ2) is 7.91. The van der Waals surface area contributed by atoms with Gasteiger partial charge in [-0.05, 0) is 36.4 Å². The minimum Gasteiger partial charge on any atom is -0.486 e. The Balaban J connectivity index is 1.36. The lowest BCUT2D eigenvalue weighted by Crippen LogP contribution is -2.29. The number of amides is 1. The number of fused-ring (bicyclic) bond motifs is 2. The summed E-state index contributed by atoms with van der Waals surface area (Å²) in [7, 11) is 0. The van der Waals surface area contributed by atoms with Crippen molar-refractivity contribution in [1.82, 2.24) is 14.8 Å². The van der Waals surface area contributed by atoms with Crippen molar-refractivity contribution >= 4 is 22.5 Å². The predicted octanol–water partition coefficient (Wildman–Crippen LogP) is 2.87. The SMILES string of the molecule is O=C(Cn1nc(-c2ccc3c(c2)OCCO3)ccc1=O)Nc1cnc2ccccc2c1. The zero-order chi connectivity index (χ0) is 21.2. The first-order chi connectivity index (χ1) is 15.2. The molecule has 1 N–H and O–H groups in total. The van der Waals surface area contributed by atoms with Crippen LogP contribution in [0.5, 0.6) is 11.5 Å². The van der Waals surface area contributed by atoms with Crippen molar-refractivity contribution in [3.63, 3.8) is 0 Å². The third-order valence-electron chi connectivity index (χ3n) is 4.87. The number of benzene rings is 2. The standard InChI is InChI=1S/C23H18N4O4/c28-22(25-17-11-15-3-1-2-4-18(15)24-13-17)14-27-23(29)8-6-19(26-27)16-5-7-20-21(12-16)31-10-9-30-20/h1-8,11-13H,9-10,14H2,(H,25,28). The second-order valence-corrected chi connectivity index (χ2v) is 7.04. The van der Waals surface area contributed by atoms with Crippen LogP contribution in [-0.4, -0.2) is 33.9 Å². The summed E-state index contributed by atoms with van der Waals surface area (Å²) in [5.74, 6) is 0.933. The van der Waals surface area contributed by atoms with E-state index < -0.39 is 0 Å². The van der Waals surface area contributed by atoms with Crippen molar-refractivity contribution in [3.05, 3.63) is 77.2 Å². The van der Waals surface area contributed by atoms with Crippen LogP contribution in [-0.2, 0) is 11.3 Å². The van der Waals surface area contributed by atoms with E-state index in [1.165, 1.54) is 6.07 Å². The maximum atomic E-state index is 12.5. The molecular weight excluding hydrogens is 396 g/mol. The molecule has 0 aliphatic carbocycles. The van der Waals surface area contributed by atoms with E-state index in [0.29, 0.717) is 36.1 Å². The average molecular weight is 414 g/mol. The number of hydrogen-bond acceptors (Lipinski definition) is 6. The third kappa shape index (κ3) is 3.95. The van der Waals surface area contributed by atoms with Gasteiger partial charge in [0.1, 0.15) is 19.8 Å². The number of aromatic nitrogens is 3. The van der Waals surface area contributed by atoms with Gasteiger partial charge in [0.25, 0.3) is 5.56 Å². The highest BCUT2D eigenvalue weighted by molar-refractivity contribution is 5.92. The van der Waals surface area contributed by atoms with Gasteiger partial charge < -0.3 is 14.8 Å². The minimum absolute atomic E-state index is 0.218. The Bertz CT molecular complexity index is 1350. The molecule has 1 aliphatic heterocycles. The fourth-order valence-corrected chi connectivity index (χ4v) is 3.39. The summed E-state index contributed by atoms with van der Waals surface area (Å²) >= 11 is 0. The molecule has 0 atom stereocenters. The molecule has 8 heteroatoms. The molecule has 0 unspecified atom stereocenters. The van der Waals surface area contributed by atoms with E-state index in [1.807, 2.05) is 42.5 Å². The van der Waals surface area contributed by atoms with Crippen LogP contribution in [0.25, 0.3) is 22.2 Å². The Labute approximate surface area is 177 Å². The Kier molecular flexibility index (Phi) is 4.80. The van der Waals surface area contributed by atoms with Crippen molar-refractivity contribution in [2.24, 2.45) is 0 Å². The molecule has 2 aromatic carbocycles. The van der Waals surface area contributed by atoms with Gasteiger partial charge in [-0.3, -0.25) is 14.6 Å². The third-order valence-corrected chi connectivity index (χ3v) is 4.87. The number of para-hydroxylation sites is 1. The van der Waals surface area contributed by atoms with E-state index in [2.05, 4.69) is 15.4 Å². The van der Waals surface area contributed by atoms with Crippen molar-refractivity contribution in [3.8, 4) is 22.8 Å². The zero-order valence-electron chi connectivity index (χ0n) is 16.4. The van der Waals surface area contributed by atoms with Crippen LogP contribution in [0.15, 0.2) is 71.7 Å². The Morgan fingerprint density at radius 3 is 2.74 bits per heavy atom. The molecule has 1 amide bonds. The molecule has 0 fully saturated rings. The smallest absolute Gasteiger partial charge is 0.267 e. The molecule has 8 nitrogen and oxygen atoms in total. The maximum absolute atomic E-state index is 12.5. The lowest BCUT2D eigenvalue weighted by atomic mass is 10.1. The lowest BCUT2D eigenvalue weighted by Gasteiger charge is -2.18. The van der Waals surface area contributed by atoms with Crippen molar-refractivity contribution in [1.29, 1.82) is 0 Å². The molecule has 31 heavy (non-hydrogen) atoms. The molecule has 0 spiro atoms. The van der Waals surface area contributed by atoms with E-state index in [4.69, 9.17) is 9.47 Å². The van der Waals surface area contributed by atoms with E-state index >= 15 is 0 Å². The summed E-state index contributed by atoms with van der Waals surface area (Å²) in [5.41, 5.74) is 2.34. The van der Waals surface area contributed by atoms with Gasteiger partial charge in [-0.2, -0.15) is 5.10 Å². The summed E-state index contributed by atoms with van der Waals surface area (Å²) in [6.45, 7) is 0.772. The lowest BCUT2D eigenvalue weighted by molar-refractivity contribution is -0.117. The van der Waals surface area contributed by atoms with Crippen molar-refractivity contribution < 1.29 is 14.3 Å². The number of pyridine rings is 1. The van der Waals surface area contributed by atoms with Crippen LogP contribution in [0.4, 0.5) is 5.69 Å². The number of nitrogens with one attached hydrogen (secondary N) is 1. The van der Waals surface area contributed by atoms with E-state index in [1.54, 1.807) is 18.3 Å². The van der Waals surface area contributed by atoms with Gasteiger partial charge in [0.2, 0.25) is 5.91 Å². The highest BCUT2D eigenvalue weighted by atomic mass is 16.6.